The molecule has 5 nitrogen and oxygen atoms in total. The van der Waals surface area contributed by atoms with Crippen molar-refractivity contribution in [1.82, 2.24) is 0 Å². The summed E-state index contributed by atoms with van der Waals surface area (Å²) in [6.07, 6.45) is 3.95. The minimum atomic E-state index is -5.90. The molecule has 0 fully saturated rings. The Morgan fingerprint density at radius 2 is 1.94 bits per heavy atom. The van der Waals surface area contributed by atoms with Gasteiger partial charge in [-0.1, -0.05) is 6.08 Å². The van der Waals surface area contributed by atoms with Crippen LogP contribution in [-0.2, 0) is 24.1 Å². The first-order valence-electron chi connectivity index (χ1n) is 4.65. The predicted molar refractivity (Wildman–Crippen MR) is 48.7 cm³/mol. The summed E-state index contributed by atoms with van der Waals surface area (Å²) in [4.78, 5) is 14.8. The molecular weight excluding hydrogens is 265 g/mol. The summed E-state index contributed by atoms with van der Waals surface area (Å²) >= 11 is 0. The Balaban J connectivity index is 2.57. The van der Waals surface area contributed by atoms with Crippen LogP contribution in [0.15, 0.2) is 11.6 Å². The van der Waals surface area contributed by atoms with Crippen molar-refractivity contribution < 1.29 is 35.6 Å². The molecule has 0 bridgehead atoms. The summed E-state index contributed by atoms with van der Waals surface area (Å²) in [6.45, 7) is 0. The van der Waals surface area contributed by atoms with Crippen LogP contribution in [0, 0.1) is 0 Å². The molecule has 98 valence electrons. The van der Waals surface area contributed by atoms with Crippen LogP contribution < -0.4 is 0 Å². The van der Waals surface area contributed by atoms with Gasteiger partial charge in [-0.3, -0.25) is 4.89 Å². The molecule has 0 saturated carbocycles. The lowest BCUT2D eigenvalue weighted by atomic mass is 10.0. The van der Waals surface area contributed by atoms with Crippen molar-refractivity contribution in [2.75, 3.05) is 0 Å². The van der Waals surface area contributed by atoms with Gasteiger partial charge in [0.2, 0.25) is 0 Å². The van der Waals surface area contributed by atoms with E-state index in [-0.39, 0.29) is 5.57 Å². The van der Waals surface area contributed by atoms with E-state index in [1.165, 1.54) is 6.08 Å². The molecule has 0 spiro atoms. The lowest BCUT2D eigenvalue weighted by molar-refractivity contribution is -0.213. The molecule has 1 aliphatic rings. The smallest absolute Gasteiger partial charge is 0.276 e. The first kappa shape index (κ1) is 14.0. The fraction of sp³-hybridized carbons (Fsp3) is 0.625. The fourth-order valence-electron chi connectivity index (χ4n) is 1.19. The average molecular weight is 274 g/mol. The molecule has 0 aliphatic heterocycles. The van der Waals surface area contributed by atoms with Crippen LogP contribution >= 0.6 is 0 Å². The highest BCUT2D eigenvalue weighted by Crippen LogP contribution is 2.25. The van der Waals surface area contributed by atoms with Crippen molar-refractivity contribution in [3.05, 3.63) is 11.6 Å². The highest BCUT2D eigenvalue weighted by molar-refractivity contribution is 7.87. The summed E-state index contributed by atoms with van der Waals surface area (Å²) in [7, 11) is -5.90. The summed E-state index contributed by atoms with van der Waals surface area (Å²) < 4.78 is 59.4. The summed E-state index contributed by atoms with van der Waals surface area (Å²) in [6, 6.07) is 0. The Kier molecular flexibility index (Phi) is 4.15. The number of alkyl halides is 3. The largest absolute Gasteiger partial charge is 0.526 e. The lowest BCUT2D eigenvalue weighted by Gasteiger charge is -2.11. The van der Waals surface area contributed by atoms with Gasteiger partial charge in [-0.05, 0) is 30.0 Å². The number of carbonyl (C=O) groups excluding carboxylic acids is 1. The molecular formula is C8H9F3O5S. The number of rotatable bonds is 3. The lowest BCUT2D eigenvalue weighted by Crippen LogP contribution is -2.27. The zero-order valence-corrected chi connectivity index (χ0v) is 9.31. The molecule has 1 rings (SSSR count). The maximum atomic E-state index is 11.8. The first-order chi connectivity index (χ1) is 7.74. The van der Waals surface area contributed by atoms with Crippen LogP contribution in [0.3, 0.4) is 0 Å². The highest BCUT2D eigenvalue weighted by Gasteiger charge is 2.49. The van der Waals surface area contributed by atoms with Crippen molar-refractivity contribution in [3.8, 4) is 0 Å². The summed E-state index contributed by atoms with van der Waals surface area (Å²) in [5, 5.41) is 0. The van der Waals surface area contributed by atoms with E-state index >= 15 is 0 Å². The maximum Gasteiger partial charge on any atom is 0.526 e. The zero-order chi connectivity index (χ0) is 13.1. The molecule has 0 aromatic carbocycles. The van der Waals surface area contributed by atoms with E-state index < -0.39 is 21.6 Å². The monoisotopic (exact) mass is 274 g/mol. The van der Waals surface area contributed by atoms with Gasteiger partial charge in [0.15, 0.2) is 0 Å². The topological polar surface area (TPSA) is 69.7 Å². The van der Waals surface area contributed by atoms with E-state index in [1.54, 1.807) is 0 Å². The van der Waals surface area contributed by atoms with Gasteiger partial charge < -0.3 is 0 Å². The van der Waals surface area contributed by atoms with Gasteiger partial charge in [-0.2, -0.15) is 21.6 Å². The molecule has 0 aromatic heterocycles. The number of allylic oxidation sites excluding steroid dienone is 1. The number of hydrogen-bond donors (Lipinski definition) is 0. The fourth-order valence-corrected chi connectivity index (χ4v) is 1.42. The summed E-state index contributed by atoms with van der Waals surface area (Å²) in [5.41, 5.74) is -5.50. The van der Waals surface area contributed by atoms with Gasteiger partial charge in [0, 0.05) is 5.57 Å². The van der Waals surface area contributed by atoms with Crippen molar-refractivity contribution in [1.29, 1.82) is 0 Å². The van der Waals surface area contributed by atoms with E-state index in [0.29, 0.717) is 19.3 Å². The third-order valence-electron chi connectivity index (χ3n) is 2.04. The Hall–Kier alpha value is -1.09. The molecule has 0 atom stereocenters. The van der Waals surface area contributed by atoms with Crippen molar-refractivity contribution in [2.24, 2.45) is 0 Å². The average Bonchev–Trinajstić information content (AvgIpc) is 2.25. The van der Waals surface area contributed by atoms with Gasteiger partial charge in [0.25, 0.3) is 0 Å². The normalized spacial score (nSPS) is 17.5. The van der Waals surface area contributed by atoms with Crippen LogP contribution in [0.25, 0.3) is 0 Å². The van der Waals surface area contributed by atoms with Gasteiger partial charge in [-0.25, -0.2) is 4.79 Å². The molecule has 17 heavy (non-hydrogen) atoms. The second kappa shape index (κ2) is 5.05. The van der Waals surface area contributed by atoms with E-state index in [1.807, 2.05) is 0 Å². The van der Waals surface area contributed by atoms with Crippen molar-refractivity contribution in [3.63, 3.8) is 0 Å². The minimum Gasteiger partial charge on any atom is -0.276 e. The molecule has 0 heterocycles. The maximum absolute atomic E-state index is 11.8. The molecule has 0 amide bonds. The van der Waals surface area contributed by atoms with Crippen LogP contribution in [-0.4, -0.2) is 19.9 Å². The Bertz CT molecular complexity index is 423. The molecule has 0 unspecified atom stereocenters. The number of carbonyl (C=O) groups is 1. The van der Waals surface area contributed by atoms with Crippen molar-refractivity contribution in [2.45, 2.75) is 31.2 Å². The Labute approximate surface area is 95.2 Å². The minimum absolute atomic E-state index is 0.119. The molecule has 9 heteroatoms. The molecule has 0 N–H and O–H groups in total. The Morgan fingerprint density at radius 3 is 2.41 bits per heavy atom. The second-order valence-corrected chi connectivity index (χ2v) is 4.82. The van der Waals surface area contributed by atoms with Gasteiger partial charge in [0.05, 0.1) is 0 Å². The highest BCUT2D eigenvalue weighted by atomic mass is 32.2. The Morgan fingerprint density at radius 1 is 1.29 bits per heavy atom. The quantitative estimate of drug-likeness (QED) is 0.446. The van der Waals surface area contributed by atoms with E-state index in [9.17, 15) is 26.4 Å². The second-order valence-electron chi connectivity index (χ2n) is 3.31. The predicted octanol–water partition coefficient (Wildman–Crippen LogP) is 1.81. The molecule has 0 radical (unpaired) electrons. The van der Waals surface area contributed by atoms with Gasteiger partial charge in [-0.15, -0.1) is 0 Å². The van der Waals surface area contributed by atoms with E-state index in [2.05, 4.69) is 9.22 Å². The summed E-state index contributed by atoms with van der Waals surface area (Å²) in [5.74, 6) is -1.21. The zero-order valence-electron chi connectivity index (χ0n) is 8.49. The molecule has 0 saturated heterocycles. The third kappa shape index (κ3) is 3.70. The molecule has 0 aromatic rings. The third-order valence-corrected chi connectivity index (χ3v) is 2.85. The van der Waals surface area contributed by atoms with Crippen LogP contribution in [0.5, 0.6) is 0 Å². The number of halogens is 3. The van der Waals surface area contributed by atoms with Crippen LogP contribution in [0.1, 0.15) is 25.7 Å². The van der Waals surface area contributed by atoms with Gasteiger partial charge in [0.1, 0.15) is 0 Å². The van der Waals surface area contributed by atoms with E-state index in [4.69, 9.17) is 0 Å². The SMILES string of the molecule is O=C(OOS(=O)(=O)C(F)(F)F)C1=CCCCC1. The van der Waals surface area contributed by atoms with Gasteiger partial charge >= 0.3 is 21.6 Å². The van der Waals surface area contributed by atoms with Crippen LogP contribution in [0.4, 0.5) is 13.2 Å². The first-order valence-corrected chi connectivity index (χ1v) is 6.05. The van der Waals surface area contributed by atoms with E-state index in [0.717, 1.165) is 6.42 Å². The van der Waals surface area contributed by atoms with Crippen molar-refractivity contribution >= 4 is 16.1 Å². The number of hydrogen-bond acceptors (Lipinski definition) is 5. The standard InChI is InChI=1S/C8H9F3O5S/c9-8(10,11)17(13,14)16-15-7(12)6-4-2-1-3-5-6/h4H,1-3,5H2. The molecule has 1 aliphatic carbocycles. The van der Waals surface area contributed by atoms with Crippen LogP contribution in [0.2, 0.25) is 0 Å².